The topological polar surface area (TPSA) is 78.5 Å². The molecule has 0 unspecified atom stereocenters. The fraction of sp³-hybridized carbons (Fsp3) is 0.0870. The summed E-state index contributed by atoms with van der Waals surface area (Å²) in [6.45, 7) is 3.31. The number of nitrogens with one attached hydrogen (secondary N) is 2. The Balaban J connectivity index is 1.73. The molecule has 0 radical (unpaired) electrons. The summed E-state index contributed by atoms with van der Waals surface area (Å²) in [4.78, 5) is 39.8. The van der Waals surface area contributed by atoms with E-state index in [9.17, 15) is 14.4 Å². The molecule has 0 atom stereocenters. The summed E-state index contributed by atoms with van der Waals surface area (Å²) in [5, 5.41) is 7.69. The fourth-order valence-corrected chi connectivity index (χ4v) is 4.08. The Morgan fingerprint density at radius 2 is 1.60 bits per heavy atom. The van der Waals surface area contributed by atoms with Gasteiger partial charge in [0.2, 0.25) is 5.91 Å². The molecule has 2 N–H and O–H groups in total. The zero-order valence-corrected chi connectivity index (χ0v) is 17.2. The van der Waals surface area contributed by atoms with Gasteiger partial charge in [0.15, 0.2) is 0 Å². The van der Waals surface area contributed by atoms with Gasteiger partial charge in [0.1, 0.15) is 5.70 Å². The third kappa shape index (κ3) is 3.62. The van der Waals surface area contributed by atoms with Crippen molar-refractivity contribution in [3.8, 4) is 0 Å². The van der Waals surface area contributed by atoms with Crippen LogP contribution < -0.4 is 15.5 Å². The zero-order valence-electron chi connectivity index (χ0n) is 16.4. The van der Waals surface area contributed by atoms with E-state index in [0.29, 0.717) is 22.6 Å². The summed E-state index contributed by atoms with van der Waals surface area (Å²) in [7, 11) is 0. The van der Waals surface area contributed by atoms with Gasteiger partial charge in [-0.1, -0.05) is 24.3 Å². The maximum absolute atomic E-state index is 13.3. The first-order chi connectivity index (χ1) is 14.5. The summed E-state index contributed by atoms with van der Waals surface area (Å²) < 4.78 is 0. The highest BCUT2D eigenvalue weighted by Crippen LogP contribution is 2.36. The van der Waals surface area contributed by atoms with Crippen LogP contribution in [0.4, 0.5) is 17.1 Å². The van der Waals surface area contributed by atoms with E-state index in [0.717, 1.165) is 10.4 Å². The maximum Gasteiger partial charge on any atom is 0.282 e. The average Bonchev–Trinajstić information content (AvgIpc) is 3.31. The molecule has 3 amide bonds. The van der Waals surface area contributed by atoms with Crippen LogP contribution in [0.25, 0.3) is 5.57 Å². The smallest absolute Gasteiger partial charge is 0.282 e. The van der Waals surface area contributed by atoms with Crippen LogP contribution in [0.1, 0.15) is 17.4 Å². The van der Waals surface area contributed by atoms with Crippen molar-refractivity contribution in [1.29, 1.82) is 0 Å². The quantitative estimate of drug-likeness (QED) is 0.603. The summed E-state index contributed by atoms with van der Waals surface area (Å²) >= 11 is 1.41. The van der Waals surface area contributed by atoms with E-state index in [-0.39, 0.29) is 17.5 Å². The van der Waals surface area contributed by atoms with Gasteiger partial charge in [-0.2, -0.15) is 0 Å². The van der Waals surface area contributed by atoms with Crippen molar-refractivity contribution in [1.82, 2.24) is 0 Å². The summed E-state index contributed by atoms with van der Waals surface area (Å²) in [5.41, 5.74) is 3.28. The number of amides is 3. The van der Waals surface area contributed by atoms with Gasteiger partial charge < -0.3 is 10.6 Å². The summed E-state index contributed by atoms with van der Waals surface area (Å²) in [6, 6.07) is 17.9. The van der Waals surface area contributed by atoms with Crippen LogP contribution in [0, 0.1) is 6.92 Å². The van der Waals surface area contributed by atoms with Gasteiger partial charge in [-0.05, 0) is 54.3 Å². The predicted molar refractivity (Wildman–Crippen MR) is 119 cm³/mol. The van der Waals surface area contributed by atoms with Crippen molar-refractivity contribution in [3.63, 3.8) is 0 Å². The number of thiophene rings is 1. The van der Waals surface area contributed by atoms with E-state index < -0.39 is 5.91 Å². The first-order valence-corrected chi connectivity index (χ1v) is 10.2. The van der Waals surface area contributed by atoms with E-state index in [1.165, 1.54) is 23.2 Å². The van der Waals surface area contributed by atoms with E-state index in [1.54, 1.807) is 36.4 Å². The summed E-state index contributed by atoms with van der Waals surface area (Å²) in [6.07, 6.45) is 0. The number of hydrogen-bond acceptors (Lipinski definition) is 5. The number of para-hydroxylation sites is 1. The van der Waals surface area contributed by atoms with Crippen LogP contribution in [0.2, 0.25) is 0 Å². The second-order valence-electron chi connectivity index (χ2n) is 6.84. The SMILES string of the molecule is CC(=O)Nc1ccc(NC2=C(c3cccs3)C(=O)N(c3ccccc3C)C2=O)cc1. The molecule has 6 nitrogen and oxygen atoms in total. The lowest BCUT2D eigenvalue weighted by Crippen LogP contribution is -2.32. The average molecular weight is 417 g/mol. The van der Waals surface area contributed by atoms with E-state index >= 15 is 0 Å². The highest BCUT2D eigenvalue weighted by Gasteiger charge is 2.41. The molecular formula is C23H19N3O3S. The Labute approximate surface area is 177 Å². The Morgan fingerprint density at radius 1 is 0.900 bits per heavy atom. The van der Waals surface area contributed by atoms with Crippen LogP contribution >= 0.6 is 11.3 Å². The molecular weight excluding hydrogens is 398 g/mol. The number of anilines is 3. The van der Waals surface area contributed by atoms with E-state index in [4.69, 9.17) is 0 Å². The second kappa shape index (κ2) is 7.96. The molecule has 0 saturated carbocycles. The molecule has 0 aliphatic carbocycles. The van der Waals surface area contributed by atoms with Gasteiger partial charge in [-0.15, -0.1) is 11.3 Å². The minimum absolute atomic E-state index is 0.163. The monoisotopic (exact) mass is 417 g/mol. The number of carbonyl (C=O) groups is 3. The van der Waals surface area contributed by atoms with E-state index in [2.05, 4.69) is 10.6 Å². The van der Waals surface area contributed by atoms with Crippen LogP contribution in [0.15, 0.2) is 71.7 Å². The van der Waals surface area contributed by atoms with Gasteiger partial charge in [-0.3, -0.25) is 14.4 Å². The molecule has 30 heavy (non-hydrogen) atoms. The number of aryl methyl sites for hydroxylation is 1. The molecule has 0 spiro atoms. The van der Waals surface area contributed by atoms with Crippen molar-refractivity contribution in [2.45, 2.75) is 13.8 Å². The van der Waals surface area contributed by atoms with Gasteiger partial charge in [0.25, 0.3) is 11.8 Å². The number of hydrogen-bond donors (Lipinski definition) is 2. The Kier molecular flexibility index (Phi) is 5.20. The zero-order chi connectivity index (χ0) is 21.3. The van der Waals surface area contributed by atoms with Crippen molar-refractivity contribution in [2.75, 3.05) is 15.5 Å². The first-order valence-electron chi connectivity index (χ1n) is 9.33. The third-order valence-corrected chi connectivity index (χ3v) is 5.57. The third-order valence-electron chi connectivity index (χ3n) is 4.68. The normalized spacial score (nSPS) is 13.7. The Hall–Kier alpha value is -3.71. The minimum Gasteiger partial charge on any atom is -0.350 e. The lowest BCUT2D eigenvalue weighted by atomic mass is 10.1. The molecule has 7 heteroatoms. The van der Waals surface area contributed by atoms with Crippen LogP contribution in [-0.4, -0.2) is 17.7 Å². The molecule has 0 saturated heterocycles. The molecule has 2 heterocycles. The lowest BCUT2D eigenvalue weighted by Gasteiger charge is -2.17. The summed E-state index contributed by atoms with van der Waals surface area (Å²) in [5.74, 6) is -0.915. The minimum atomic E-state index is -0.399. The van der Waals surface area contributed by atoms with Crippen LogP contribution in [0.5, 0.6) is 0 Å². The molecule has 3 aromatic rings. The highest BCUT2D eigenvalue weighted by molar-refractivity contribution is 7.11. The standard InChI is InChI=1S/C23H19N3O3S/c1-14-6-3-4-7-18(14)26-22(28)20(19-8-5-13-30-19)21(23(26)29)25-17-11-9-16(10-12-17)24-15(2)27/h3-13,25H,1-2H3,(H,24,27). The molecule has 1 aliphatic heterocycles. The molecule has 150 valence electrons. The first kappa shape index (κ1) is 19.6. The van der Waals surface area contributed by atoms with Crippen molar-refractivity contribution >= 4 is 51.7 Å². The Bertz CT molecular complexity index is 1160. The number of imide groups is 1. The molecule has 1 aliphatic rings. The number of carbonyl (C=O) groups excluding carboxylic acids is 3. The fourth-order valence-electron chi connectivity index (χ4n) is 3.31. The predicted octanol–water partition coefficient (Wildman–Crippen LogP) is 4.41. The lowest BCUT2D eigenvalue weighted by molar-refractivity contribution is -0.120. The maximum atomic E-state index is 13.3. The van der Waals surface area contributed by atoms with Gasteiger partial charge in [0, 0.05) is 23.2 Å². The molecule has 2 aromatic carbocycles. The highest BCUT2D eigenvalue weighted by atomic mass is 32.1. The number of nitrogens with zero attached hydrogens (tertiary/aromatic N) is 1. The van der Waals surface area contributed by atoms with Crippen LogP contribution in [-0.2, 0) is 14.4 Å². The van der Waals surface area contributed by atoms with E-state index in [1.807, 2.05) is 36.6 Å². The van der Waals surface area contributed by atoms with Crippen molar-refractivity contribution < 1.29 is 14.4 Å². The number of benzene rings is 2. The molecule has 4 rings (SSSR count). The van der Waals surface area contributed by atoms with Gasteiger partial charge in [0.05, 0.1) is 11.3 Å². The van der Waals surface area contributed by atoms with Gasteiger partial charge >= 0.3 is 0 Å². The van der Waals surface area contributed by atoms with Crippen molar-refractivity contribution in [2.24, 2.45) is 0 Å². The van der Waals surface area contributed by atoms with Crippen molar-refractivity contribution in [3.05, 3.63) is 82.2 Å². The number of rotatable bonds is 5. The Morgan fingerprint density at radius 3 is 2.23 bits per heavy atom. The van der Waals surface area contributed by atoms with Crippen LogP contribution in [0.3, 0.4) is 0 Å². The van der Waals surface area contributed by atoms with Gasteiger partial charge in [-0.25, -0.2) is 4.90 Å². The second-order valence-corrected chi connectivity index (χ2v) is 7.79. The molecule has 0 fully saturated rings. The largest absolute Gasteiger partial charge is 0.350 e. The molecule has 1 aromatic heterocycles. The molecule has 0 bridgehead atoms.